The van der Waals surface area contributed by atoms with Crippen LogP contribution in [0.3, 0.4) is 0 Å². The van der Waals surface area contributed by atoms with E-state index in [1.165, 1.54) is 19.2 Å². The van der Waals surface area contributed by atoms with Gasteiger partial charge in [0.05, 0.1) is 11.1 Å². The van der Waals surface area contributed by atoms with E-state index in [-0.39, 0.29) is 11.3 Å². The highest BCUT2D eigenvalue weighted by molar-refractivity contribution is 6.44. The van der Waals surface area contributed by atoms with Gasteiger partial charge in [0.2, 0.25) is 0 Å². The number of Topliss-reactive ketones (excluding diaryl/α,β-unsaturated/α-hetero) is 1. The van der Waals surface area contributed by atoms with Crippen molar-refractivity contribution in [2.75, 3.05) is 0 Å². The van der Waals surface area contributed by atoms with Crippen LogP contribution >= 0.6 is 0 Å². The fraction of sp³-hybridized carbons (Fsp3) is 0.0714. The molecule has 1 aromatic carbocycles. The summed E-state index contributed by atoms with van der Waals surface area (Å²) in [6.07, 6.45) is 4.54. The fourth-order valence-electron chi connectivity index (χ4n) is 1.84. The third-order valence-corrected chi connectivity index (χ3v) is 2.71. The monoisotopic (exact) mass is 256 g/mol. The summed E-state index contributed by atoms with van der Waals surface area (Å²) in [6, 6.07) is 5.26. The predicted octanol–water partition coefficient (Wildman–Crippen LogP) is 1.44. The minimum atomic E-state index is -0.995. The lowest BCUT2D eigenvalue weighted by molar-refractivity contribution is -0.114. The molecule has 1 aromatic heterocycles. The molecule has 0 unspecified atom stereocenters. The van der Waals surface area contributed by atoms with Crippen LogP contribution < -0.4 is 5.73 Å². The zero-order valence-electron chi connectivity index (χ0n) is 10.3. The molecule has 2 aromatic rings. The number of ketones is 2. The van der Waals surface area contributed by atoms with E-state index in [1.54, 1.807) is 24.3 Å². The van der Waals surface area contributed by atoms with Crippen molar-refractivity contribution in [2.45, 2.75) is 6.92 Å². The van der Waals surface area contributed by atoms with Crippen molar-refractivity contribution in [3.05, 3.63) is 41.6 Å². The van der Waals surface area contributed by atoms with Gasteiger partial charge in [0.25, 0.3) is 11.7 Å². The van der Waals surface area contributed by atoms with Crippen molar-refractivity contribution in [1.82, 2.24) is 4.98 Å². The predicted molar refractivity (Wildman–Crippen MR) is 71.5 cm³/mol. The van der Waals surface area contributed by atoms with Crippen LogP contribution in [0.25, 0.3) is 17.0 Å². The van der Waals surface area contributed by atoms with Gasteiger partial charge in [-0.3, -0.25) is 14.4 Å². The number of carbonyl (C=O) groups excluding carboxylic acids is 3. The molecule has 0 fully saturated rings. The number of H-pyrrole nitrogens is 1. The summed E-state index contributed by atoms with van der Waals surface area (Å²) in [6.45, 7) is 1.45. The number of benzene rings is 1. The first kappa shape index (κ1) is 12.8. The second kappa shape index (κ2) is 4.89. The first-order chi connectivity index (χ1) is 9.00. The molecule has 0 aliphatic heterocycles. The van der Waals surface area contributed by atoms with Gasteiger partial charge in [0, 0.05) is 11.6 Å². The maximum Gasteiger partial charge on any atom is 0.289 e. The number of allylic oxidation sites excluding steroid dienone is 1. The van der Waals surface area contributed by atoms with Crippen molar-refractivity contribution < 1.29 is 14.4 Å². The second-order valence-corrected chi connectivity index (χ2v) is 4.11. The number of nitrogens with one attached hydrogen (secondary N) is 1. The maximum absolute atomic E-state index is 11.6. The van der Waals surface area contributed by atoms with Crippen LogP contribution in [0.2, 0.25) is 0 Å². The molecule has 96 valence electrons. The standard InChI is InChI=1S/C14H12N2O3/c1-8(17)5-6-9-3-2-4-10-11(7-16-12(9)10)13(18)14(15)19/h2-7,16H,1H3,(H2,15,19). The Morgan fingerprint density at radius 3 is 2.63 bits per heavy atom. The van der Waals surface area contributed by atoms with Crippen LogP contribution in [-0.4, -0.2) is 22.5 Å². The first-order valence-corrected chi connectivity index (χ1v) is 5.63. The van der Waals surface area contributed by atoms with Crippen molar-refractivity contribution in [3.63, 3.8) is 0 Å². The van der Waals surface area contributed by atoms with Crippen molar-refractivity contribution >= 4 is 34.5 Å². The smallest absolute Gasteiger partial charge is 0.289 e. The van der Waals surface area contributed by atoms with Gasteiger partial charge < -0.3 is 10.7 Å². The molecule has 3 N–H and O–H groups in total. The van der Waals surface area contributed by atoms with Crippen LogP contribution in [0.1, 0.15) is 22.8 Å². The van der Waals surface area contributed by atoms with E-state index in [0.29, 0.717) is 10.9 Å². The summed E-state index contributed by atoms with van der Waals surface area (Å²) < 4.78 is 0. The van der Waals surface area contributed by atoms with Crippen molar-refractivity contribution in [3.8, 4) is 0 Å². The lowest BCUT2D eigenvalue weighted by Gasteiger charge is -1.98. The lowest BCUT2D eigenvalue weighted by atomic mass is 10.1. The molecule has 0 bridgehead atoms. The molecule has 1 amide bonds. The largest absolute Gasteiger partial charge is 0.363 e. The molecule has 1 heterocycles. The summed E-state index contributed by atoms with van der Waals surface area (Å²) >= 11 is 0. The van der Waals surface area contributed by atoms with Crippen LogP contribution in [0.5, 0.6) is 0 Å². The molecule has 0 radical (unpaired) electrons. The number of para-hydroxylation sites is 1. The number of hydrogen-bond donors (Lipinski definition) is 2. The zero-order valence-corrected chi connectivity index (χ0v) is 10.3. The van der Waals surface area contributed by atoms with E-state index in [0.717, 1.165) is 5.56 Å². The van der Waals surface area contributed by atoms with Gasteiger partial charge in [-0.1, -0.05) is 18.2 Å². The number of nitrogens with two attached hydrogens (primary N) is 1. The Labute approximate surface area is 109 Å². The van der Waals surface area contributed by atoms with Gasteiger partial charge in [-0.15, -0.1) is 0 Å². The number of fused-ring (bicyclic) bond motifs is 1. The molecular weight excluding hydrogens is 244 g/mol. The SMILES string of the molecule is CC(=O)C=Cc1cccc2c(C(=O)C(N)=O)c[nH]c12. The Bertz CT molecular complexity index is 711. The van der Waals surface area contributed by atoms with Gasteiger partial charge in [-0.25, -0.2) is 0 Å². The van der Waals surface area contributed by atoms with E-state index in [1.807, 2.05) is 0 Å². The van der Waals surface area contributed by atoms with E-state index in [9.17, 15) is 14.4 Å². The molecule has 5 heteroatoms. The highest BCUT2D eigenvalue weighted by atomic mass is 16.2. The minimum absolute atomic E-state index is 0.0722. The van der Waals surface area contributed by atoms with E-state index < -0.39 is 11.7 Å². The quantitative estimate of drug-likeness (QED) is 0.492. The Morgan fingerprint density at radius 2 is 2.00 bits per heavy atom. The van der Waals surface area contributed by atoms with Gasteiger partial charge >= 0.3 is 0 Å². The Morgan fingerprint density at radius 1 is 1.26 bits per heavy atom. The van der Waals surface area contributed by atoms with E-state index in [2.05, 4.69) is 4.98 Å². The number of aromatic amines is 1. The Kier molecular flexibility index (Phi) is 3.29. The zero-order chi connectivity index (χ0) is 14.0. The van der Waals surface area contributed by atoms with E-state index >= 15 is 0 Å². The number of rotatable bonds is 4. The number of carbonyl (C=O) groups is 3. The number of primary amides is 1. The van der Waals surface area contributed by atoms with Crippen LogP contribution in [-0.2, 0) is 9.59 Å². The van der Waals surface area contributed by atoms with Gasteiger partial charge in [-0.2, -0.15) is 0 Å². The molecule has 0 saturated heterocycles. The van der Waals surface area contributed by atoms with Crippen molar-refractivity contribution in [2.24, 2.45) is 5.73 Å². The molecule has 0 aliphatic rings. The van der Waals surface area contributed by atoms with Gasteiger partial charge in [0.1, 0.15) is 0 Å². The Balaban J connectivity index is 2.57. The van der Waals surface area contributed by atoms with Crippen molar-refractivity contribution in [1.29, 1.82) is 0 Å². The average Bonchev–Trinajstić information content (AvgIpc) is 2.79. The molecule has 19 heavy (non-hydrogen) atoms. The average molecular weight is 256 g/mol. The third kappa shape index (κ3) is 2.44. The third-order valence-electron chi connectivity index (χ3n) is 2.71. The van der Waals surface area contributed by atoms with Crippen LogP contribution in [0, 0.1) is 0 Å². The molecule has 0 atom stereocenters. The first-order valence-electron chi connectivity index (χ1n) is 5.63. The van der Waals surface area contributed by atoms with Crippen LogP contribution in [0.15, 0.2) is 30.5 Å². The molecule has 5 nitrogen and oxygen atoms in total. The normalized spacial score (nSPS) is 11.0. The number of amides is 1. The summed E-state index contributed by atoms with van der Waals surface area (Å²) in [5, 5.41) is 0.606. The van der Waals surface area contributed by atoms with Gasteiger partial charge in [0.15, 0.2) is 5.78 Å². The molecule has 0 aliphatic carbocycles. The fourth-order valence-corrected chi connectivity index (χ4v) is 1.84. The summed E-state index contributed by atoms with van der Waals surface area (Å²) in [4.78, 5) is 36.4. The summed E-state index contributed by atoms with van der Waals surface area (Å²) in [7, 11) is 0. The highest BCUT2D eigenvalue weighted by Gasteiger charge is 2.17. The van der Waals surface area contributed by atoms with E-state index in [4.69, 9.17) is 5.73 Å². The summed E-state index contributed by atoms with van der Waals surface area (Å²) in [5.74, 6) is -1.80. The van der Waals surface area contributed by atoms with Crippen LogP contribution in [0.4, 0.5) is 0 Å². The minimum Gasteiger partial charge on any atom is -0.363 e. The number of aromatic nitrogens is 1. The lowest BCUT2D eigenvalue weighted by Crippen LogP contribution is -2.22. The molecule has 2 rings (SSSR count). The number of hydrogen-bond acceptors (Lipinski definition) is 3. The second-order valence-electron chi connectivity index (χ2n) is 4.11. The maximum atomic E-state index is 11.6. The van der Waals surface area contributed by atoms with Gasteiger partial charge in [-0.05, 0) is 24.6 Å². The highest BCUT2D eigenvalue weighted by Crippen LogP contribution is 2.23. The summed E-state index contributed by atoms with van der Waals surface area (Å²) in [5.41, 5.74) is 6.68. The molecular formula is C14H12N2O3. The molecule has 0 saturated carbocycles. The topological polar surface area (TPSA) is 93.0 Å². The molecule has 0 spiro atoms. The Hall–Kier alpha value is -2.69.